The first-order valence-electron chi connectivity index (χ1n) is 9.14. The fourth-order valence-electron chi connectivity index (χ4n) is 3.34. The number of carbonyl (C=O) groups excluding carboxylic acids is 1. The Labute approximate surface area is 155 Å². The molecule has 2 aromatic heterocycles. The summed E-state index contributed by atoms with van der Waals surface area (Å²) >= 11 is 0. The Kier molecular flexibility index (Phi) is 6.17. The lowest BCUT2D eigenvalue weighted by Gasteiger charge is -2.25. The monoisotopic (exact) mass is 353 g/mol. The predicted molar refractivity (Wildman–Crippen MR) is 103 cm³/mol. The van der Waals surface area contributed by atoms with E-state index in [4.69, 9.17) is 0 Å². The SMILES string of the molecule is Cc1cc(N2CCCN(C(=O)CN(C)Cc3ccncc3)CC2)ccn1. The molecule has 1 saturated heterocycles. The van der Waals surface area contributed by atoms with E-state index in [0.717, 1.165) is 44.8 Å². The van der Waals surface area contributed by atoms with E-state index in [0.29, 0.717) is 6.54 Å². The molecule has 0 saturated carbocycles. The number of likely N-dealkylation sites (N-methyl/N-ethyl adjacent to an activating group) is 1. The summed E-state index contributed by atoms with van der Waals surface area (Å²) in [5, 5.41) is 0. The molecule has 1 fully saturated rings. The summed E-state index contributed by atoms with van der Waals surface area (Å²) < 4.78 is 0. The number of anilines is 1. The molecule has 0 unspecified atom stereocenters. The third-order valence-electron chi connectivity index (χ3n) is 4.70. The maximum absolute atomic E-state index is 12.7. The zero-order valence-electron chi connectivity index (χ0n) is 15.6. The van der Waals surface area contributed by atoms with E-state index >= 15 is 0 Å². The Bertz CT molecular complexity index is 721. The highest BCUT2D eigenvalue weighted by Gasteiger charge is 2.20. The van der Waals surface area contributed by atoms with Crippen molar-refractivity contribution in [2.24, 2.45) is 0 Å². The molecule has 0 bridgehead atoms. The van der Waals surface area contributed by atoms with E-state index in [-0.39, 0.29) is 5.91 Å². The van der Waals surface area contributed by atoms with Gasteiger partial charge >= 0.3 is 0 Å². The van der Waals surface area contributed by atoms with Gasteiger partial charge in [0.25, 0.3) is 0 Å². The minimum Gasteiger partial charge on any atom is -0.370 e. The molecule has 0 aromatic carbocycles. The van der Waals surface area contributed by atoms with Gasteiger partial charge in [-0.2, -0.15) is 0 Å². The van der Waals surface area contributed by atoms with Crippen LogP contribution in [0.25, 0.3) is 0 Å². The van der Waals surface area contributed by atoms with Crippen molar-refractivity contribution in [3.8, 4) is 0 Å². The number of amides is 1. The summed E-state index contributed by atoms with van der Waals surface area (Å²) in [6, 6.07) is 8.13. The zero-order chi connectivity index (χ0) is 18.4. The fourth-order valence-corrected chi connectivity index (χ4v) is 3.34. The number of aryl methyl sites for hydroxylation is 1. The number of aromatic nitrogens is 2. The first kappa shape index (κ1) is 18.3. The van der Waals surface area contributed by atoms with Crippen LogP contribution in [0.2, 0.25) is 0 Å². The fraction of sp³-hybridized carbons (Fsp3) is 0.450. The highest BCUT2D eigenvalue weighted by Crippen LogP contribution is 2.17. The second-order valence-corrected chi connectivity index (χ2v) is 6.90. The topological polar surface area (TPSA) is 52.6 Å². The molecule has 1 aliphatic heterocycles. The summed E-state index contributed by atoms with van der Waals surface area (Å²) in [7, 11) is 1.99. The van der Waals surface area contributed by atoms with Crippen LogP contribution >= 0.6 is 0 Å². The molecule has 0 spiro atoms. The van der Waals surface area contributed by atoms with Gasteiger partial charge in [-0.25, -0.2) is 0 Å². The van der Waals surface area contributed by atoms with E-state index in [1.54, 1.807) is 12.4 Å². The van der Waals surface area contributed by atoms with Gasteiger partial charge in [-0.05, 0) is 50.2 Å². The molecule has 0 radical (unpaired) electrons. The van der Waals surface area contributed by atoms with Gasteiger partial charge < -0.3 is 9.80 Å². The van der Waals surface area contributed by atoms with Gasteiger partial charge in [0.2, 0.25) is 5.91 Å². The van der Waals surface area contributed by atoms with Crippen LogP contribution in [0.1, 0.15) is 17.7 Å². The molecule has 1 aliphatic rings. The van der Waals surface area contributed by atoms with Crippen LogP contribution in [0, 0.1) is 6.92 Å². The highest BCUT2D eigenvalue weighted by atomic mass is 16.2. The van der Waals surface area contributed by atoms with E-state index in [2.05, 4.69) is 25.8 Å². The van der Waals surface area contributed by atoms with Gasteiger partial charge in [0.1, 0.15) is 0 Å². The van der Waals surface area contributed by atoms with Crippen LogP contribution in [0.3, 0.4) is 0 Å². The van der Waals surface area contributed by atoms with Gasteiger partial charge in [0, 0.05) is 62.7 Å². The normalized spacial score (nSPS) is 15.2. The molecule has 6 heteroatoms. The molecule has 138 valence electrons. The van der Waals surface area contributed by atoms with E-state index in [9.17, 15) is 4.79 Å². The van der Waals surface area contributed by atoms with E-state index in [1.165, 1.54) is 11.3 Å². The van der Waals surface area contributed by atoms with Crippen molar-refractivity contribution in [3.63, 3.8) is 0 Å². The van der Waals surface area contributed by atoms with Crippen molar-refractivity contribution in [1.29, 1.82) is 0 Å². The third kappa shape index (κ3) is 5.02. The van der Waals surface area contributed by atoms with Crippen LogP contribution in [0.4, 0.5) is 5.69 Å². The number of rotatable bonds is 5. The molecule has 0 N–H and O–H groups in total. The standard InChI is InChI=1S/C20H27N5O/c1-17-14-19(6-9-22-17)24-10-3-11-25(13-12-24)20(26)16-23(2)15-18-4-7-21-8-5-18/h4-9,14H,3,10-13,15-16H2,1-2H3. The van der Waals surface area contributed by atoms with Gasteiger partial charge in [-0.1, -0.05) is 0 Å². The lowest BCUT2D eigenvalue weighted by molar-refractivity contribution is -0.132. The molecule has 6 nitrogen and oxygen atoms in total. The van der Waals surface area contributed by atoms with Crippen LogP contribution < -0.4 is 4.90 Å². The average molecular weight is 353 g/mol. The van der Waals surface area contributed by atoms with Gasteiger partial charge in [-0.15, -0.1) is 0 Å². The van der Waals surface area contributed by atoms with Crippen LogP contribution in [0.15, 0.2) is 42.9 Å². The second kappa shape index (κ2) is 8.76. The van der Waals surface area contributed by atoms with Crippen molar-refractivity contribution in [2.45, 2.75) is 19.9 Å². The van der Waals surface area contributed by atoms with E-state index in [1.807, 2.05) is 43.3 Å². The molecule has 0 aliphatic carbocycles. The van der Waals surface area contributed by atoms with Crippen LogP contribution in [0.5, 0.6) is 0 Å². The lowest BCUT2D eigenvalue weighted by atomic mass is 10.2. The molecular formula is C20H27N5O. The molecule has 3 rings (SSSR count). The third-order valence-corrected chi connectivity index (χ3v) is 4.70. The predicted octanol–water partition coefficient (Wildman–Crippen LogP) is 1.96. The number of carbonyl (C=O) groups is 1. The van der Waals surface area contributed by atoms with Crippen LogP contribution in [-0.2, 0) is 11.3 Å². The second-order valence-electron chi connectivity index (χ2n) is 6.90. The summed E-state index contributed by atoms with van der Waals surface area (Å²) in [5.41, 5.74) is 3.39. The van der Waals surface area contributed by atoms with Crippen molar-refractivity contribution < 1.29 is 4.79 Å². The number of hydrogen-bond acceptors (Lipinski definition) is 5. The summed E-state index contributed by atoms with van der Waals surface area (Å²) in [6.45, 7) is 6.63. The first-order valence-corrected chi connectivity index (χ1v) is 9.14. The number of nitrogens with zero attached hydrogens (tertiary/aromatic N) is 5. The van der Waals surface area contributed by atoms with E-state index < -0.39 is 0 Å². The number of hydrogen-bond donors (Lipinski definition) is 0. The average Bonchev–Trinajstić information content (AvgIpc) is 2.89. The molecule has 26 heavy (non-hydrogen) atoms. The van der Waals surface area contributed by atoms with Gasteiger partial charge in [0.05, 0.1) is 6.54 Å². The molecular weight excluding hydrogens is 326 g/mol. The summed E-state index contributed by atoms with van der Waals surface area (Å²) in [6.07, 6.45) is 6.41. The first-order chi connectivity index (χ1) is 12.6. The molecule has 2 aromatic rings. The van der Waals surface area contributed by atoms with Crippen molar-refractivity contribution in [3.05, 3.63) is 54.1 Å². The maximum atomic E-state index is 12.7. The van der Waals surface area contributed by atoms with Gasteiger partial charge in [0.15, 0.2) is 0 Å². The molecule has 3 heterocycles. The molecule has 1 amide bonds. The number of pyridine rings is 2. The lowest BCUT2D eigenvalue weighted by Crippen LogP contribution is -2.40. The Morgan fingerprint density at radius 1 is 1.12 bits per heavy atom. The Balaban J connectivity index is 1.52. The minimum atomic E-state index is 0.203. The Morgan fingerprint density at radius 2 is 1.92 bits per heavy atom. The van der Waals surface area contributed by atoms with Crippen molar-refractivity contribution in [2.75, 3.05) is 44.7 Å². The summed E-state index contributed by atoms with van der Waals surface area (Å²) in [5.74, 6) is 0.203. The minimum absolute atomic E-state index is 0.203. The summed E-state index contributed by atoms with van der Waals surface area (Å²) in [4.78, 5) is 27.4. The smallest absolute Gasteiger partial charge is 0.236 e. The van der Waals surface area contributed by atoms with Gasteiger partial charge in [-0.3, -0.25) is 19.7 Å². The largest absolute Gasteiger partial charge is 0.370 e. The zero-order valence-corrected chi connectivity index (χ0v) is 15.6. The maximum Gasteiger partial charge on any atom is 0.236 e. The Morgan fingerprint density at radius 3 is 2.69 bits per heavy atom. The molecule has 0 atom stereocenters. The van der Waals surface area contributed by atoms with Crippen molar-refractivity contribution in [1.82, 2.24) is 19.8 Å². The van der Waals surface area contributed by atoms with Crippen LogP contribution in [-0.4, -0.2) is 65.4 Å². The van der Waals surface area contributed by atoms with Crippen molar-refractivity contribution >= 4 is 11.6 Å². The Hall–Kier alpha value is -2.47. The highest BCUT2D eigenvalue weighted by molar-refractivity contribution is 5.78. The quantitative estimate of drug-likeness (QED) is 0.822.